The van der Waals surface area contributed by atoms with Crippen LogP contribution < -0.4 is 15.7 Å². The van der Waals surface area contributed by atoms with E-state index in [1.54, 1.807) is 11.3 Å². The highest BCUT2D eigenvalue weighted by Crippen LogP contribution is 2.46. The Hall–Kier alpha value is -6.44. The highest BCUT2D eigenvalue weighted by atomic mass is 32.1. The molecule has 0 N–H and O–H groups in total. The van der Waals surface area contributed by atoms with Crippen LogP contribution in [-0.4, -0.2) is 15.8 Å². The minimum atomic E-state index is -0.469. The number of hydrogen-bond donors (Lipinski definition) is 0. The molecule has 0 aliphatic carbocycles. The number of thiophene rings is 1. The van der Waals surface area contributed by atoms with Crippen molar-refractivity contribution in [1.82, 2.24) is 9.13 Å². The Labute approximate surface area is 300 Å². The minimum Gasteiger partial charge on any atom is -0.456 e. The Morgan fingerprint density at radius 1 is 0.569 bits per heavy atom. The second-order valence-electron chi connectivity index (χ2n) is 13.2. The third-order valence-electron chi connectivity index (χ3n) is 10.7. The number of furan rings is 1. The van der Waals surface area contributed by atoms with Gasteiger partial charge in [-0.25, -0.2) is 0 Å². The monoisotopic (exact) mass is 675 g/mol. The predicted molar refractivity (Wildman–Crippen MR) is 210 cm³/mol. The van der Waals surface area contributed by atoms with Gasteiger partial charge in [-0.3, -0.25) is 0 Å². The summed E-state index contributed by atoms with van der Waals surface area (Å²) in [6.07, 6.45) is 0. The first-order valence-corrected chi connectivity index (χ1v) is 17.6. The van der Waals surface area contributed by atoms with Crippen LogP contribution in [0.25, 0.3) is 98.9 Å². The van der Waals surface area contributed by atoms with E-state index < -0.39 is 18.1 Å². The highest BCUT2D eigenvalue weighted by molar-refractivity contribution is 7.33. The number of rotatable bonds is 1. The maximum absolute atomic E-state index is 9.34. The quantitative estimate of drug-likeness (QED) is 0.129. The average Bonchev–Trinajstić information content (AvgIpc) is 3.81. The number of hydrogen-bond acceptors (Lipinski definition) is 4. The van der Waals surface area contributed by atoms with Gasteiger partial charge in [-0.1, -0.05) is 96.9 Å². The number of para-hydroxylation sites is 5. The lowest BCUT2D eigenvalue weighted by molar-refractivity contribution is 0.641. The van der Waals surface area contributed by atoms with E-state index >= 15 is 0 Å². The molecule has 0 fully saturated rings. The zero-order valence-electron chi connectivity index (χ0n) is 31.5. The summed E-state index contributed by atoms with van der Waals surface area (Å²) in [6, 6.07) is 34.5. The summed E-state index contributed by atoms with van der Waals surface area (Å²) in [5.41, 5.74) is 10.8. The topological polar surface area (TPSA) is 49.3 Å². The fourth-order valence-electron chi connectivity index (χ4n) is 8.79. The third-order valence-corrected chi connectivity index (χ3v) is 11.9. The van der Waals surface area contributed by atoms with E-state index in [4.69, 9.17) is 17.4 Å². The molecule has 0 bridgehead atoms. The summed E-state index contributed by atoms with van der Waals surface area (Å²) in [5, 5.41) is 3.02. The Morgan fingerprint density at radius 2 is 1.20 bits per heavy atom. The summed E-state index contributed by atoms with van der Waals surface area (Å²) < 4.78 is 72.2. The molecule has 2 aliphatic heterocycles. The first-order valence-electron chi connectivity index (χ1n) is 19.3. The number of nitrogens with zero attached hydrogens (tertiary/aromatic N) is 2. The fraction of sp³-hybridized carbons (Fsp3) is 0. The standard InChI is InChI=1S/C44H23BN2O3S/c1-2-12-24(13-3-1)35-42-40-37-41-43(35)50-32-20-10-7-17-29(32)47(41)39-27(22-23-33-36(39)25-14-4-8-18-30(25)48-33)45(37)44-38(26-15-5-11-21-34(26)51-44)46(40)28-16-6-9-19-31(28)49-42/h1-23H/i1D,2D,3D,12D,13D. The smallest absolute Gasteiger partial charge is 0.265 e. The minimum absolute atomic E-state index is 0.00834. The van der Waals surface area contributed by atoms with Gasteiger partial charge in [0.1, 0.15) is 11.2 Å². The van der Waals surface area contributed by atoms with Gasteiger partial charge in [0.05, 0.1) is 51.2 Å². The molecule has 0 unspecified atom stereocenters. The van der Waals surface area contributed by atoms with E-state index in [2.05, 4.69) is 51.6 Å². The number of benzene rings is 7. The van der Waals surface area contributed by atoms with E-state index in [0.717, 1.165) is 81.2 Å². The molecule has 0 saturated carbocycles. The van der Waals surface area contributed by atoms with Crippen molar-refractivity contribution < 1.29 is 20.1 Å². The second-order valence-corrected chi connectivity index (χ2v) is 14.3. The van der Waals surface area contributed by atoms with Crippen molar-refractivity contribution in [3.05, 3.63) is 139 Å². The maximum Gasteiger partial charge on any atom is 0.265 e. The molecule has 7 heteroatoms. The second kappa shape index (κ2) is 9.21. The van der Waals surface area contributed by atoms with Crippen LogP contribution in [0.2, 0.25) is 0 Å². The number of aromatic nitrogens is 2. The zero-order valence-corrected chi connectivity index (χ0v) is 27.3. The van der Waals surface area contributed by atoms with Gasteiger partial charge in [0, 0.05) is 20.2 Å². The predicted octanol–water partition coefficient (Wildman–Crippen LogP) is 10.1. The van der Waals surface area contributed by atoms with Gasteiger partial charge in [-0.05, 0) is 59.0 Å². The highest BCUT2D eigenvalue weighted by Gasteiger charge is 2.44. The van der Waals surface area contributed by atoms with E-state index in [9.17, 15) is 2.74 Å². The van der Waals surface area contributed by atoms with Crippen molar-refractivity contribution in [3.63, 3.8) is 0 Å². The van der Waals surface area contributed by atoms with Crippen molar-refractivity contribution in [1.29, 1.82) is 0 Å². The molecule has 0 radical (unpaired) electrons. The third kappa shape index (κ3) is 3.15. The number of fused-ring (bicyclic) bond motifs is 16. The van der Waals surface area contributed by atoms with Gasteiger partial charge in [0.2, 0.25) is 0 Å². The van der Waals surface area contributed by atoms with Crippen LogP contribution in [0, 0.1) is 0 Å². The zero-order chi connectivity index (χ0) is 37.3. The van der Waals surface area contributed by atoms with Crippen molar-refractivity contribution in [3.8, 4) is 22.5 Å². The summed E-state index contributed by atoms with van der Waals surface area (Å²) in [4.78, 5) is 0. The molecular formula is C44H23BN2O3S. The maximum atomic E-state index is 9.34. The summed E-state index contributed by atoms with van der Waals surface area (Å²) in [6.45, 7) is -0.290. The van der Waals surface area contributed by atoms with Crippen LogP contribution in [0.15, 0.2) is 153 Å². The molecule has 0 amide bonds. The largest absolute Gasteiger partial charge is 0.456 e. The van der Waals surface area contributed by atoms with Gasteiger partial charge >= 0.3 is 0 Å². The van der Waals surface area contributed by atoms with E-state index in [0.29, 0.717) is 27.9 Å². The Bertz CT molecular complexity index is 3670. The molecule has 2 aliphatic rings. The van der Waals surface area contributed by atoms with Gasteiger partial charge in [-0.15, -0.1) is 11.3 Å². The van der Waals surface area contributed by atoms with Gasteiger partial charge in [0.15, 0.2) is 22.3 Å². The van der Waals surface area contributed by atoms with Crippen molar-refractivity contribution in [2.75, 3.05) is 0 Å². The molecule has 7 aromatic carbocycles. The van der Waals surface area contributed by atoms with Crippen LogP contribution in [-0.2, 0) is 0 Å². The lowest BCUT2D eigenvalue weighted by Crippen LogP contribution is -2.58. The molecule has 11 aromatic rings. The van der Waals surface area contributed by atoms with Crippen LogP contribution in [0.5, 0.6) is 0 Å². The molecule has 236 valence electrons. The van der Waals surface area contributed by atoms with E-state index in [1.807, 2.05) is 66.7 Å². The Kier molecular flexibility index (Phi) is 4.03. The Morgan fingerprint density at radius 3 is 1.94 bits per heavy atom. The lowest BCUT2D eigenvalue weighted by Gasteiger charge is -2.35. The molecule has 4 aromatic heterocycles. The molecule has 13 rings (SSSR count). The van der Waals surface area contributed by atoms with Crippen LogP contribution >= 0.6 is 11.3 Å². The lowest BCUT2D eigenvalue weighted by atomic mass is 9.36. The summed E-state index contributed by atoms with van der Waals surface area (Å²) >= 11 is 1.77. The van der Waals surface area contributed by atoms with E-state index in [-0.39, 0.29) is 24.4 Å². The molecule has 51 heavy (non-hydrogen) atoms. The van der Waals surface area contributed by atoms with Crippen molar-refractivity contribution in [2.24, 2.45) is 0 Å². The first-order chi connectivity index (χ1) is 27.4. The average molecular weight is 676 g/mol. The first kappa shape index (κ1) is 22.3. The molecule has 0 saturated heterocycles. The van der Waals surface area contributed by atoms with Crippen LogP contribution in [0.1, 0.15) is 6.85 Å². The van der Waals surface area contributed by atoms with Crippen LogP contribution in [0.3, 0.4) is 0 Å². The van der Waals surface area contributed by atoms with Gasteiger partial charge < -0.3 is 22.4 Å². The van der Waals surface area contributed by atoms with Crippen LogP contribution in [0.4, 0.5) is 0 Å². The van der Waals surface area contributed by atoms with E-state index in [1.165, 1.54) is 0 Å². The SMILES string of the molecule is [2H]c1c([2H])c([2H])c(-c2c3oc4ccccc4n4c3c3c5c2oc2ccccc2n5-c2c(ccc5oc6ccccc6c25)B3c2sc3ccccc3c2-4)c([2H])c1[2H]. The molecular weight excluding hydrogens is 647 g/mol. The summed E-state index contributed by atoms with van der Waals surface area (Å²) in [7, 11) is 0. The molecule has 5 nitrogen and oxygen atoms in total. The molecule has 0 spiro atoms. The Balaban J connectivity index is 1.41. The normalized spacial score (nSPS) is 14.4. The van der Waals surface area contributed by atoms with Crippen molar-refractivity contribution >= 4 is 110 Å². The van der Waals surface area contributed by atoms with Gasteiger partial charge in [0.25, 0.3) is 6.71 Å². The molecule has 6 heterocycles. The van der Waals surface area contributed by atoms with Crippen molar-refractivity contribution in [2.45, 2.75) is 0 Å². The molecule has 0 atom stereocenters. The summed E-state index contributed by atoms with van der Waals surface area (Å²) in [5.74, 6) is 0. The fourth-order valence-corrected chi connectivity index (χ4v) is 10.1. The van der Waals surface area contributed by atoms with Gasteiger partial charge in [-0.2, -0.15) is 0 Å².